The van der Waals surface area contributed by atoms with Gasteiger partial charge in [-0.2, -0.15) is 0 Å². The maximum absolute atomic E-state index is 12.1. The number of ether oxygens (including phenoxy) is 1. The summed E-state index contributed by atoms with van der Waals surface area (Å²) in [6.45, 7) is 7.82. The Morgan fingerprint density at radius 2 is 1.86 bits per heavy atom. The summed E-state index contributed by atoms with van der Waals surface area (Å²) < 4.78 is 4.53. The van der Waals surface area contributed by atoms with E-state index in [2.05, 4.69) is 10.1 Å². The van der Waals surface area contributed by atoms with Crippen molar-refractivity contribution in [2.45, 2.75) is 46.6 Å². The summed E-state index contributed by atoms with van der Waals surface area (Å²) in [5.41, 5.74) is -0.118. The summed E-state index contributed by atoms with van der Waals surface area (Å²) in [5.74, 6) is -1.49. The number of carboxylic acid groups (broad SMARTS) is 1. The quantitative estimate of drug-likeness (QED) is 0.694. The Hall–Kier alpha value is -1.79. The number of nitrogens with zero attached hydrogens (tertiary/aromatic N) is 1. The third-order valence-electron chi connectivity index (χ3n) is 2.82. The van der Waals surface area contributed by atoms with Crippen LogP contribution in [0.25, 0.3) is 0 Å². The lowest BCUT2D eigenvalue weighted by molar-refractivity contribution is -0.141. The number of nitrogens with one attached hydrogen (secondary N) is 1. The summed E-state index contributed by atoms with van der Waals surface area (Å²) in [5, 5.41) is 11.6. The zero-order valence-corrected chi connectivity index (χ0v) is 13.4. The fraction of sp³-hybridized carbons (Fsp3) is 0.786. The fourth-order valence-corrected chi connectivity index (χ4v) is 1.94. The second-order valence-electron chi connectivity index (χ2n) is 6.10. The maximum atomic E-state index is 12.1. The molecule has 0 aliphatic heterocycles. The lowest BCUT2D eigenvalue weighted by Crippen LogP contribution is -2.48. The van der Waals surface area contributed by atoms with Crippen LogP contribution in [0.3, 0.4) is 0 Å². The Morgan fingerprint density at radius 3 is 2.24 bits per heavy atom. The van der Waals surface area contributed by atoms with E-state index >= 15 is 0 Å². The minimum absolute atomic E-state index is 0.118. The Balaban J connectivity index is 4.76. The highest BCUT2D eigenvalue weighted by Gasteiger charge is 2.25. The van der Waals surface area contributed by atoms with Crippen LogP contribution in [0.1, 0.15) is 40.5 Å². The van der Waals surface area contributed by atoms with Crippen LogP contribution in [0, 0.1) is 5.41 Å². The molecule has 7 nitrogen and oxygen atoms in total. The molecule has 0 radical (unpaired) electrons. The predicted octanol–water partition coefficient (Wildman–Crippen LogP) is 1.47. The molecule has 0 spiro atoms. The molecule has 0 aliphatic carbocycles. The summed E-state index contributed by atoms with van der Waals surface area (Å²) >= 11 is 0. The molecule has 0 aromatic carbocycles. The molecule has 0 bridgehead atoms. The van der Waals surface area contributed by atoms with Crippen molar-refractivity contribution in [2.75, 3.05) is 20.2 Å². The number of carbonyl (C=O) groups excluding carboxylic acids is 2. The number of carboxylic acids is 1. The van der Waals surface area contributed by atoms with E-state index < -0.39 is 24.0 Å². The summed E-state index contributed by atoms with van der Waals surface area (Å²) in [7, 11) is 1.25. The number of carbonyl (C=O) groups is 3. The number of likely N-dealkylation sites (N-methyl/N-ethyl adjacent to an activating group) is 1. The average Bonchev–Trinajstić information content (AvgIpc) is 2.32. The van der Waals surface area contributed by atoms with Crippen LogP contribution < -0.4 is 5.32 Å². The van der Waals surface area contributed by atoms with Gasteiger partial charge in [-0.3, -0.25) is 9.59 Å². The number of rotatable bonds is 7. The molecule has 0 aromatic heterocycles. The maximum Gasteiger partial charge on any atom is 0.325 e. The van der Waals surface area contributed by atoms with Gasteiger partial charge in [0.1, 0.15) is 6.54 Å². The Morgan fingerprint density at radius 1 is 1.29 bits per heavy atom. The van der Waals surface area contributed by atoms with E-state index in [1.807, 2.05) is 20.8 Å². The highest BCUT2D eigenvalue weighted by Crippen LogP contribution is 2.22. The Labute approximate surface area is 125 Å². The number of amides is 2. The van der Waals surface area contributed by atoms with E-state index in [0.29, 0.717) is 13.0 Å². The third-order valence-corrected chi connectivity index (χ3v) is 2.82. The lowest BCUT2D eigenvalue weighted by Gasteiger charge is -2.28. The number of hydrogen-bond donors (Lipinski definition) is 2. The highest BCUT2D eigenvalue weighted by atomic mass is 16.5. The largest absolute Gasteiger partial charge is 0.481 e. The standard InChI is InChI=1S/C14H26N2O5/c1-6-16(9-12(19)21-5)13(20)15-10(7-11(17)18)8-14(2,3)4/h10H,6-9H2,1-5H3,(H,15,20)(H,17,18). The van der Waals surface area contributed by atoms with Gasteiger partial charge in [0.25, 0.3) is 0 Å². The van der Waals surface area contributed by atoms with Crippen LogP contribution in [-0.2, 0) is 14.3 Å². The van der Waals surface area contributed by atoms with Crippen LogP contribution in [0.2, 0.25) is 0 Å². The van der Waals surface area contributed by atoms with Crippen molar-refractivity contribution in [1.82, 2.24) is 10.2 Å². The van der Waals surface area contributed by atoms with Gasteiger partial charge in [0.2, 0.25) is 0 Å². The number of esters is 1. The van der Waals surface area contributed by atoms with Crippen LogP contribution in [0.15, 0.2) is 0 Å². The van der Waals surface area contributed by atoms with E-state index in [9.17, 15) is 14.4 Å². The van der Waals surface area contributed by atoms with Gasteiger partial charge >= 0.3 is 18.0 Å². The van der Waals surface area contributed by atoms with Crippen molar-refractivity contribution in [2.24, 2.45) is 5.41 Å². The summed E-state index contributed by atoms with van der Waals surface area (Å²) in [4.78, 5) is 35.5. The van der Waals surface area contributed by atoms with Gasteiger partial charge in [0.15, 0.2) is 0 Å². The zero-order valence-electron chi connectivity index (χ0n) is 13.4. The first kappa shape index (κ1) is 19.2. The van der Waals surface area contributed by atoms with Crippen molar-refractivity contribution in [3.8, 4) is 0 Å². The first-order valence-corrected chi connectivity index (χ1v) is 6.93. The number of aliphatic carboxylic acids is 1. The number of hydrogen-bond acceptors (Lipinski definition) is 4. The lowest BCUT2D eigenvalue weighted by atomic mass is 9.87. The molecule has 122 valence electrons. The SMILES string of the molecule is CCN(CC(=O)OC)C(=O)NC(CC(=O)O)CC(C)(C)C. The first-order valence-electron chi connectivity index (χ1n) is 6.93. The molecular weight excluding hydrogens is 276 g/mol. The van der Waals surface area contributed by atoms with E-state index in [-0.39, 0.29) is 18.4 Å². The second kappa shape index (κ2) is 8.49. The molecule has 2 amide bonds. The van der Waals surface area contributed by atoms with Crippen LogP contribution in [-0.4, -0.2) is 54.2 Å². The van der Waals surface area contributed by atoms with Crippen molar-refractivity contribution in [3.63, 3.8) is 0 Å². The highest BCUT2D eigenvalue weighted by molar-refractivity contribution is 5.81. The molecule has 21 heavy (non-hydrogen) atoms. The molecule has 7 heteroatoms. The van der Waals surface area contributed by atoms with Crippen molar-refractivity contribution >= 4 is 18.0 Å². The monoisotopic (exact) mass is 302 g/mol. The van der Waals surface area contributed by atoms with E-state index in [0.717, 1.165) is 0 Å². The van der Waals surface area contributed by atoms with Crippen molar-refractivity contribution in [3.05, 3.63) is 0 Å². The van der Waals surface area contributed by atoms with Crippen LogP contribution in [0.5, 0.6) is 0 Å². The molecule has 1 unspecified atom stereocenters. The van der Waals surface area contributed by atoms with Crippen molar-refractivity contribution in [1.29, 1.82) is 0 Å². The Kier molecular flexibility index (Phi) is 7.76. The molecule has 2 N–H and O–H groups in total. The number of urea groups is 1. The molecule has 0 saturated heterocycles. The molecule has 1 atom stereocenters. The molecule has 0 saturated carbocycles. The van der Waals surface area contributed by atoms with E-state index in [4.69, 9.17) is 5.11 Å². The van der Waals surface area contributed by atoms with Gasteiger partial charge in [0.05, 0.1) is 13.5 Å². The Bertz CT molecular complexity index is 376. The average molecular weight is 302 g/mol. The third kappa shape index (κ3) is 8.88. The topological polar surface area (TPSA) is 95.9 Å². The van der Waals surface area contributed by atoms with Crippen molar-refractivity contribution < 1.29 is 24.2 Å². The van der Waals surface area contributed by atoms with Gasteiger partial charge in [-0.25, -0.2) is 4.79 Å². The minimum Gasteiger partial charge on any atom is -0.481 e. The normalized spacial score (nSPS) is 12.4. The molecule has 0 aromatic rings. The number of methoxy groups -OCH3 is 1. The predicted molar refractivity (Wildman–Crippen MR) is 77.9 cm³/mol. The second-order valence-corrected chi connectivity index (χ2v) is 6.10. The van der Waals surface area contributed by atoms with E-state index in [1.165, 1.54) is 12.0 Å². The smallest absolute Gasteiger partial charge is 0.325 e. The van der Waals surface area contributed by atoms with Crippen LogP contribution >= 0.6 is 0 Å². The van der Waals surface area contributed by atoms with Gasteiger partial charge in [0, 0.05) is 12.6 Å². The van der Waals surface area contributed by atoms with Gasteiger partial charge < -0.3 is 20.1 Å². The first-order chi connectivity index (χ1) is 9.58. The zero-order chi connectivity index (χ0) is 16.6. The molecule has 0 fully saturated rings. The molecule has 0 aliphatic rings. The van der Waals surface area contributed by atoms with Gasteiger partial charge in [-0.15, -0.1) is 0 Å². The van der Waals surface area contributed by atoms with Crippen LogP contribution in [0.4, 0.5) is 4.79 Å². The van der Waals surface area contributed by atoms with E-state index in [1.54, 1.807) is 6.92 Å². The van der Waals surface area contributed by atoms with Gasteiger partial charge in [-0.1, -0.05) is 20.8 Å². The summed E-state index contributed by atoms with van der Waals surface area (Å²) in [6.07, 6.45) is 0.375. The molecule has 0 heterocycles. The van der Waals surface area contributed by atoms with Gasteiger partial charge in [-0.05, 0) is 18.8 Å². The minimum atomic E-state index is -0.972. The fourth-order valence-electron chi connectivity index (χ4n) is 1.94. The molecule has 0 rings (SSSR count). The summed E-state index contributed by atoms with van der Waals surface area (Å²) in [6, 6.07) is -0.944. The molecular formula is C14H26N2O5.